The Labute approximate surface area is 112 Å². The fourth-order valence-electron chi connectivity index (χ4n) is 3.34. The first-order valence-electron chi connectivity index (χ1n) is 7.67. The van der Waals surface area contributed by atoms with Crippen molar-refractivity contribution >= 4 is 0 Å². The third-order valence-electron chi connectivity index (χ3n) is 4.66. The first-order chi connectivity index (χ1) is 8.61. The van der Waals surface area contributed by atoms with Crippen molar-refractivity contribution < 1.29 is 9.84 Å². The Kier molecular flexibility index (Phi) is 5.05. The van der Waals surface area contributed by atoms with Crippen LogP contribution in [0.2, 0.25) is 0 Å². The van der Waals surface area contributed by atoms with Gasteiger partial charge in [-0.15, -0.1) is 0 Å². The quantitative estimate of drug-likeness (QED) is 0.837. The highest BCUT2D eigenvalue weighted by Gasteiger charge is 2.34. The Bertz CT molecular complexity index is 241. The molecule has 2 rings (SSSR count). The van der Waals surface area contributed by atoms with E-state index in [1.807, 2.05) is 0 Å². The minimum absolute atomic E-state index is 0.412. The predicted octanol–water partition coefficient (Wildman–Crippen LogP) is 2.43. The normalized spacial score (nSPS) is 35.8. The molecule has 0 aromatic heterocycles. The molecule has 0 amide bonds. The van der Waals surface area contributed by atoms with E-state index in [1.165, 1.54) is 12.8 Å². The lowest BCUT2D eigenvalue weighted by molar-refractivity contribution is -0.0528. The summed E-state index contributed by atoms with van der Waals surface area (Å²) in [5.41, 5.74) is -0.412. The van der Waals surface area contributed by atoms with Gasteiger partial charge in [0.2, 0.25) is 0 Å². The highest BCUT2D eigenvalue weighted by atomic mass is 16.5. The third kappa shape index (κ3) is 3.94. The summed E-state index contributed by atoms with van der Waals surface area (Å²) in [5.74, 6) is 0.800. The van der Waals surface area contributed by atoms with Gasteiger partial charge in [0.05, 0.1) is 11.7 Å². The maximum Gasteiger partial charge on any atom is 0.0774 e. The second kappa shape index (κ2) is 6.36. The van der Waals surface area contributed by atoms with Gasteiger partial charge >= 0.3 is 0 Å². The molecule has 3 nitrogen and oxygen atoms in total. The molecule has 2 fully saturated rings. The molecule has 1 saturated heterocycles. The summed E-state index contributed by atoms with van der Waals surface area (Å²) in [5, 5.41) is 10.6. The van der Waals surface area contributed by atoms with Crippen molar-refractivity contribution in [2.24, 2.45) is 5.92 Å². The summed E-state index contributed by atoms with van der Waals surface area (Å²) < 4.78 is 5.67. The maximum atomic E-state index is 10.6. The van der Waals surface area contributed by atoms with E-state index in [2.05, 4.69) is 18.7 Å². The molecule has 1 aliphatic heterocycles. The predicted molar refractivity (Wildman–Crippen MR) is 73.7 cm³/mol. The molecule has 18 heavy (non-hydrogen) atoms. The highest BCUT2D eigenvalue weighted by molar-refractivity contribution is 4.88. The molecule has 0 aromatic rings. The zero-order chi connectivity index (χ0) is 13.0. The zero-order valence-electron chi connectivity index (χ0n) is 12.0. The number of hydrogen-bond donors (Lipinski definition) is 1. The van der Waals surface area contributed by atoms with Crippen LogP contribution in [-0.2, 0) is 4.74 Å². The largest absolute Gasteiger partial charge is 0.389 e. The van der Waals surface area contributed by atoms with E-state index in [1.54, 1.807) is 0 Å². The van der Waals surface area contributed by atoms with Crippen molar-refractivity contribution in [3.05, 3.63) is 0 Å². The first-order valence-corrected chi connectivity index (χ1v) is 7.67. The summed E-state index contributed by atoms with van der Waals surface area (Å²) in [6.45, 7) is 8.24. The highest BCUT2D eigenvalue weighted by Crippen LogP contribution is 2.33. The van der Waals surface area contributed by atoms with Crippen molar-refractivity contribution in [2.45, 2.75) is 64.1 Å². The standard InChI is InChI=1S/C15H29NO2/c1-3-18-14-6-10-16(11-7-14)12-15(17)8-4-13(2)5-9-15/h13-14,17H,3-12H2,1-2H3. The molecule has 0 atom stereocenters. The van der Waals surface area contributed by atoms with Gasteiger partial charge in [0, 0.05) is 26.2 Å². The van der Waals surface area contributed by atoms with Crippen LogP contribution >= 0.6 is 0 Å². The smallest absolute Gasteiger partial charge is 0.0774 e. The first kappa shape index (κ1) is 14.3. The van der Waals surface area contributed by atoms with Gasteiger partial charge in [-0.25, -0.2) is 0 Å². The Hall–Kier alpha value is -0.120. The number of aliphatic hydroxyl groups is 1. The van der Waals surface area contributed by atoms with E-state index in [0.717, 1.165) is 57.8 Å². The number of piperidine rings is 1. The molecule has 1 aliphatic carbocycles. The van der Waals surface area contributed by atoms with Gasteiger partial charge in [-0.3, -0.25) is 0 Å². The average Bonchev–Trinajstić information content (AvgIpc) is 2.36. The van der Waals surface area contributed by atoms with Crippen LogP contribution in [0.3, 0.4) is 0 Å². The molecule has 0 aromatic carbocycles. The zero-order valence-corrected chi connectivity index (χ0v) is 12.0. The van der Waals surface area contributed by atoms with Crippen molar-refractivity contribution in [3.8, 4) is 0 Å². The SMILES string of the molecule is CCOC1CCN(CC2(O)CCC(C)CC2)CC1. The molecule has 0 radical (unpaired) electrons. The van der Waals surface area contributed by atoms with Crippen LogP contribution in [0, 0.1) is 5.92 Å². The van der Waals surface area contributed by atoms with Crippen molar-refractivity contribution in [1.82, 2.24) is 4.90 Å². The van der Waals surface area contributed by atoms with Crippen LogP contribution in [0.15, 0.2) is 0 Å². The number of ether oxygens (including phenoxy) is 1. The fraction of sp³-hybridized carbons (Fsp3) is 1.00. The van der Waals surface area contributed by atoms with Crippen LogP contribution in [0.1, 0.15) is 52.4 Å². The molecule has 0 bridgehead atoms. The number of β-amino-alcohol motifs (C(OH)–C–C–N with tert-alkyl or cyclic N) is 1. The second-order valence-electron chi connectivity index (χ2n) is 6.34. The number of hydrogen-bond acceptors (Lipinski definition) is 3. The van der Waals surface area contributed by atoms with Gasteiger partial charge in [-0.1, -0.05) is 6.92 Å². The van der Waals surface area contributed by atoms with E-state index in [-0.39, 0.29) is 0 Å². The third-order valence-corrected chi connectivity index (χ3v) is 4.66. The molecule has 1 saturated carbocycles. The van der Waals surface area contributed by atoms with Gasteiger partial charge in [0.1, 0.15) is 0 Å². The minimum Gasteiger partial charge on any atom is -0.389 e. The Balaban J connectivity index is 1.74. The summed E-state index contributed by atoms with van der Waals surface area (Å²) >= 11 is 0. The fourth-order valence-corrected chi connectivity index (χ4v) is 3.34. The van der Waals surface area contributed by atoms with Gasteiger partial charge in [-0.2, -0.15) is 0 Å². The van der Waals surface area contributed by atoms with Crippen LogP contribution in [0.25, 0.3) is 0 Å². The van der Waals surface area contributed by atoms with E-state index < -0.39 is 5.60 Å². The van der Waals surface area contributed by atoms with E-state index >= 15 is 0 Å². The monoisotopic (exact) mass is 255 g/mol. The van der Waals surface area contributed by atoms with Gasteiger partial charge in [0.15, 0.2) is 0 Å². The molecule has 0 spiro atoms. The average molecular weight is 255 g/mol. The second-order valence-corrected chi connectivity index (χ2v) is 6.34. The molecular weight excluding hydrogens is 226 g/mol. The Morgan fingerprint density at radius 3 is 2.33 bits per heavy atom. The lowest BCUT2D eigenvalue weighted by atomic mass is 9.79. The Morgan fingerprint density at radius 2 is 1.78 bits per heavy atom. The summed E-state index contributed by atoms with van der Waals surface area (Å²) in [4.78, 5) is 2.44. The molecule has 106 valence electrons. The molecule has 2 aliphatic rings. The maximum absolute atomic E-state index is 10.6. The lowest BCUT2D eigenvalue weighted by Crippen LogP contribution is -2.48. The molecule has 1 N–H and O–H groups in total. The van der Waals surface area contributed by atoms with Gasteiger partial charge in [0.25, 0.3) is 0 Å². The van der Waals surface area contributed by atoms with Crippen LogP contribution < -0.4 is 0 Å². The van der Waals surface area contributed by atoms with Crippen molar-refractivity contribution in [1.29, 1.82) is 0 Å². The van der Waals surface area contributed by atoms with E-state index in [0.29, 0.717) is 6.10 Å². The molecular formula is C15H29NO2. The number of rotatable bonds is 4. The summed E-state index contributed by atoms with van der Waals surface area (Å²) in [6.07, 6.45) is 7.05. The van der Waals surface area contributed by atoms with Crippen molar-refractivity contribution in [2.75, 3.05) is 26.2 Å². The van der Waals surface area contributed by atoms with Crippen molar-refractivity contribution in [3.63, 3.8) is 0 Å². The number of nitrogens with zero attached hydrogens (tertiary/aromatic N) is 1. The van der Waals surface area contributed by atoms with Crippen LogP contribution in [-0.4, -0.2) is 48.0 Å². The number of likely N-dealkylation sites (tertiary alicyclic amines) is 1. The Morgan fingerprint density at radius 1 is 1.17 bits per heavy atom. The van der Waals surface area contributed by atoms with E-state index in [9.17, 15) is 5.11 Å². The topological polar surface area (TPSA) is 32.7 Å². The molecule has 0 unspecified atom stereocenters. The lowest BCUT2D eigenvalue weighted by Gasteiger charge is -2.41. The summed E-state index contributed by atoms with van der Waals surface area (Å²) in [6, 6.07) is 0. The summed E-state index contributed by atoms with van der Waals surface area (Å²) in [7, 11) is 0. The van der Waals surface area contributed by atoms with Crippen LogP contribution in [0.4, 0.5) is 0 Å². The van der Waals surface area contributed by atoms with Gasteiger partial charge < -0.3 is 14.7 Å². The molecule has 1 heterocycles. The minimum atomic E-state index is -0.412. The van der Waals surface area contributed by atoms with Crippen LogP contribution in [0.5, 0.6) is 0 Å². The van der Waals surface area contributed by atoms with Gasteiger partial charge in [-0.05, 0) is 51.4 Å². The van der Waals surface area contributed by atoms with E-state index in [4.69, 9.17) is 4.74 Å². The molecule has 3 heteroatoms.